The Morgan fingerprint density at radius 1 is 1.00 bits per heavy atom. The second kappa shape index (κ2) is 9.85. The molecule has 0 aliphatic carbocycles. The summed E-state index contributed by atoms with van der Waals surface area (Å²) in [5.41, 5.74) is 2.73. The van der Waals surface area contributed by atoms with Crippen molar-refractivity contribution in [2.45, 2.75) is 23.3 Å². The van der Waals surface area contributed by atoms with Crippen LogP contribution < -0.4 is 10.9 Å². The van der Waals surface area contributed by atoms with Crippen LogP contribution in [0.1, 0.15) is 22.8 Å². The summed E-state index contributed by atoms with van der Waals surface area (Å²) in [5.74, 6) is -0.211. The van der Waals surface area contributed by atoms with E-state index in [2.05, 4.69) is 17.3 Å². The zero-order valence-corrected chi connectivity index (χ0v) is 18.9. The number of nitrogens with zero attached hydrogens (tertiary/aromatic N) is 2. The predicted molar refractivity (Wildman–Crippen MR) is 129 cm³/mol. The quantitative estimate of drug-likeness (QED) is 0.391. The topological polar surface area (TPSA) is 64.0 Å². The maximum absolute atomic E-state index is 12.6. The zero-order valence-electron chi connectivity index (χ0n) is 17.3. The van der Waals surface area contributed by atoms with Gasteiger partial charge in [-0.2, -0.15) is 9.78 Å². The van der Waals surface area contributed by atoms with Gasteiger partial charge in [0, 0.05) is 27.2 Å². The number of aromatic nitrogens is 2. The molecule has 0 bridgehead atoms. The Labute approximate surface area is 195 Å². The molecule has 0 saturated carbocycles. The molecule has 0 atom stereocenters. The third-order valence-corrected chi connectivity index (χ3v) is 5.97. The molecule has 4 rings (SSSR count). The Morgan fingerprint density at radius 2 is 1.75 bits per heavy atom. The van der Waals surface area contributed by atoms with Crippen molar-refractivity contribution >= 4 is 35.0 Å². The van der Waals surface area contributed by atoms with Crippen LogP contribution in [0.5, 0.6) is 0 Å². The lowest BCUT2D eigenvalue weighted by Crippen LogP contribution is -2.20. The Morgan fingerprint density at radius 3 is 2.47 bits per heavy atom. The number of hydrogen-bond donors (Lipinski definition) is 1. The highest BCUT2D eigenvalue weighted by Crippen LogP contribution is 2.26. The fraction of sp³-hybridized carbons (Fsp3) is 0.0800. The molecule has 0 radical (unpaired) electrons. The lowest BCUT2D eigenvalue weighted by molar-refractivity contribution is 0.102. The maximum atomic E-state index is 12.6. The van der Waals surface area contributed by atoms with Crippen LogP contribution in [0.2, 0.25) is 5.02 Å². The average molecular weight is 462 g/mol. The van der Waals surface area contributed by atoms with Gasteiger partial charge in [0.1, 0.15) is 5.03 Å². The summed E-state index contributed by atoms with van der Waals surface area (Å²) >= 11 is 7.37. The molecule has 32 heavy (non-hydrogen) atoms. The van der Waals surface area contributed by atoms with Crippen LogP contribution in [0.25, 0.3) is 5.69 Å². The molecule has 1 N–H and O–H groups in total. The molecule has 0 spiro atoms. The third kappa shape index (κ3) is 5.28. The second-order valence-electron chi connectivity index (χ2n) is 7.03. The van der Waals surface area contributed by atoms with Crippen molar-refractivity contribution in [3.05, 3.63) is 111 Å². The van der Waals surface area contributed by atoms with Crippen molar-refractivity contribution in [3.8, 4) is 5.69 Å². The fourth-order valence-corrected chi connectivity index (χ4v) is 3.98. The van der Waals surface area contributed by atoms with Crippen molar-refractivity contribution in [1.29, 1.82) is 0 Å². The van der Waals surface area contributed by atoms with E-state index in [4.69, 9.17) is 11.6 Å². The standard InChI is InChI=1S/C25H20ClN3O2S/c1-2-17-4-3-5-20(16-17)27-25(31)18-6-10-21(11-7-18)29-24(30)15-14-23(28-29)32-22-12-8-19(26)9-13-22/h3-16H,2H2,1H3,(H,27,31). The molecule has 0 unspecified atom stereocenters. The normalized spacial score (nSPS) is 10.7. The van der Waals surface area contributed by atoms with Gasteiger partial charge in [-0.3, -0.25) is 9.59 Å². The molecule has 5 nitrogen and oxygen atoms in total. The van der Waals surface area contributed by atoms with Gasteiger partial charge in [0.05, 0.1) is 5.69 Å². The monoisotopic (exact) mass is 461 g/mol. The van der Waals surface area contributed by atoms with E-state index < -0.39 is 0 Å². The molecule has 3 aromatic carbocycles. The molecule has 0 fully saturated rings. The first kappa shape index (κ1) is 21.9. The molecule has 1 heterocycles. The highest BCUT2D eigenvalue weighted by molar-refractivity contribution is 7.99. The van der Waals surface area contributed by atoms with E-state index in [1.165, 1.54) is 22.5 Å². The van der Waals surface area contributed by atoms with Crippen LogP contribution in [-0.2, 0) is 6.42 Å². The number of halogens is 1. The highest BCUT2D eigenvalue weighted by atomic mass is 35.5. The first-order valence-corrected chi connectivity index (χ1v) is 11.3. The summed E-state index contributed by atoms with van der Waals surface area (Å²) in [6.07, 6.45) is 0.898. The third-order valence-electron chi connectivity index (χ3n) is 4.78. The van der Waals surface area contributed by atoms with Crippen molar-refractivity contribution in [3.63, 3.8) is 0 Å². The van der Waals surface area contributed by atoms with Crippen molar-refractivity contribution in [1.82, 2.24) is 9.78 Å². The van der Waals surface area contributed by atoms with E-state index in [0.29, 0.717) is 21.3 Å². The van der Waals surface area contributed by atoms with Gasteiger partial charge in [-0.05, 0) is 78.7 Å². The highest BCUT2D eigenvalue weighted by Gasteiger charge is 2.09. The molecule has 4 aromatic rings. The smallest absolute Gasteiger partial charge is 0.271 e. The first-order valence-electron chi connectivity index (χ1n) is 10.1. The minimum atomic E-state index is -0.251. The van der Waals surface area contributed by atoms with Gasteiger partial charge in [0.2, 0.25) is 0 Å². The van der Waals surface area contributed by atoms with E-state index in [1.54, 1.807) is 30.3 Å². The number of carbonyl (C=O) groups excluding carboxylic acids is 1. The van der Waals surface area contributed by atoms with Crippen LogP contribution in [0.4, 0.5) is 5.69 Å². The van der Waals surface area contributed by atoms with E-state index in [9.17, 15) is 9.59 Å². The van der Waals surface area contributed by atoms with Crippen LogP contribution >= 0.6 is 23.4 Å². The molecular formula is C25H20ClN3O2S. The molecule has 0 saturated heterocycles. The van der Waals surface area contributed by atoms with Crippen molar-refractivity contribution < 1.29 is 4.79 Å². The lowest BCUT2D eigenvalue weighted by atomic mass is 10.1. The number of anilines is 1. The van der Waals surface area contributed by atoms with Gasteiger partial charge in [0.25, 0.3) is 11.5 Å². The second-order valence-corrected chi connectivity index (χ2v) is 8.56. The Kier molecular flexibility index (Phi) is 6.73. The van der Waals surface area contributed by atoms with Crippen molar-refractivity contribution in [2.75, 3.05) is 5.32 Å². The minimum Gasteiger partial charge on any atom is -0.322 e. The predicted octanol–water partition coefficient (Wildman–Crippen LogP) is 5.85. The number of carbonyl (C=O) groups is 1. The van der Waals surface area contributed by atoms with E-state index in [0.717, 1.165) is 22.6 Å². The Hall–Kier alpha value is -3.35. The van der Waals surface area contributed by atoms with Gasteiger partial charge < -0.3 is 5.32 Å². The number of nitrogens with one attached hydrogen (secondary N) is 1. The summed E-state index contributed by atoms with van der Waals surface area (Å²) in [6, 6.07) is 25.1. The minimum absolute atomic E-state index is 0.211. The number of amides is 1. The van der Waals surface area contributed by atoms with Crippen LogP contribution in [0.15, 0.2) is 99.6 Å². The van der Waals surface area contributed by atoms with Gasteiger partial charge in [-0.1, -0.05) is 42.4 Å². The van der Waals surface area contributed by atoms with Crippen molar-refractivity contribution in [2.24, 2.45) is 0 Å². The molecular weight excluding hydrogens is 442 g/mol. The molecule has 0 aliphatic rings. The lowest BCUT2D eigenvalue weighted by Gasteiger charge is -2.09. The molecule has 0 aliphatic heterocycles. The first-order chi connectivity index (χ1) is 15.5. The maximum Gasteiger partial charge on any atom is 0.271 e. The Balaban J connectivity index is 1.52. The van der Waals surface area contributed by atoms with Gasteiger partial charge in [-0.25, -0.2) is 0 Å². The number of rotatable bonds is 6. The summed E-state index contributed by atoms with van der Waals surface area (Å²) in [7, 11) is 0. The largest absolute Gasteiger partial charge is 0.322 e. The van der Waals surface area contributed by atoms with Crippen LogP contribution in [-0.4, -0.2) is 15.7 Å². The molecule has 1 amide bonds. The molecule has 1 aromatic heterocycles. The van der Waals surface area contributed by atoms with Crippen LogP contribution in [0, 0.1) is 0 Å². The van der Waals surface area contributed by atoms with E-state index in [1.807, 2.05) is 48.5 Å². The van der Waals surface area contributed by atoms with Gasteiger partial charge in [0.15, 0.2) is 0 Å². The fourth-order valence-electron chi connectivity index (χ4n) is 3.08. The average Bonchev–Trinajstić information content (AvgIpc) is 2.82. The summed E-state index contributed by atoms with van der Waals surface area (Å²) < 4.78 is 1.32. The van der Waals surface area contributed by atoms with E-state index in [-0.39, 0.29) is 11.5 Å². The van der Waals surface area contributed by atoms with E-state index >= 15 is 0 Å². The SMILES string of the molecule is CCc1cccc(NC(=O)c2ccc(-n3nc(Sc4ccc(Cl)cc4)ccc3=O)cc2)c1. The molecule has 160 valence electrons. The number of benzene rings is 3. The molecule has 7 heteroatoms. The summed E-state index contributed by atoms with van der Waals surface area (Å²) in [4.78, 5) is 25.9. The summed E-state index contributed by atoms with van der Waals surface area (Å²) in [6.45, 7) is 2.07. The van der Waals surface area contributed by atoms with Crippen LogP contribution in [0.3, 0.4) is 0 Å². The van der Waals surface area contributed by atoms with Gasteiger partial charge >= 0.3 is 0 Å². The number of hydrogen-bond acceptors (Lipinski definition) is 4. The summed E-state index contributed by atoms with van der Waals surface area (Å²) in [5, 5.41) is 8.70. The Bertz CT molecular complexity index is 1300. The number of aryl methyl sites for hydroxylation is 1. The van der Waals surface area contributed by atoms with Gasteiger partial charge in [-0.15, -0.1) is 0 Å². The zero-order chi connectivity index (χ0) is 22.5.